The predicted molar refractivity (Wildman–Crippen MR) is 199 cm³/mol. The van der Waals surface area contributed by atoms with Gasteiger partial charge in [-0.15, -0.1) is 35.4 Å². The molecule has 9 aromatic rings. The Hall–Kier alpha value is -5.61. The molecule has 0 N–H and O–H groups in total. The summed E-state index contributed by atoms with van der Waals surface area (Å²) in [7, 11) is 0. The third-order valence-corrected chi connectivity index (χ3v) is 8.54. The molecular formula is C44H31IrN4-. The summed E-state index contributed by atoms with van der Waals surface area (Å²) in [6, 6.07) is 55.1. The van der Waals surface area contributed by atoms with Gasteiger partial charge in [0.15, 0.2) is 0 Å². The molecular weight excluding hydrogens is 777 g/mol. The third kappa shape index (κ3) is 6.73. The summed E-state index contributed by atoms with van der Waals surface area (Å²) in [5, 5.41) is 4.65. The van der Waals surface area contributed by atoms with Gasteiger partial charge in [0, 0.05) is 36.6 Å². The molecule has 1 radical (unpaired) electrons. The van der Waals surface area contributed by atoms with E-state index in [2.05, 4.69) is 127 Å². The maximum atomic E-state index is 5.04. The Morgan fingerprint density at radius 3 is 1.43 bits per heavy atom. The zero-order valence-corrected chi connectivity index (χ0v) is 29.5. The zero-order valence-electron chi connectivity index (χ0n) is 27.1. The number of nitrogens with zero attached hydrogens (tertiary/aromatic N) is 4. The van der Waals surface area contributed by atoms with E-state index >= 15 is 0 Å². The van der Waals surface area contributed by atoms with Gasteiger partial charge < -0.3 is 0 Å². The molecule has 0 saturated carbocycles. The molecule has 0 unspecified atom stereocenters. The fourth-order valence-electron chi connectivity index (χ4n) is 5.91. The Labute approximate surface area is 298 Å². The van der Waals surface area contributed by atoms with Gasteiger partial charge in [-0.2, -0.15) is 0 Å². The topological polar surface area (TPSA) is 51.6 Å². The second-order valence-electron chi connectivity index (χ2n) is 12.0. The van der Waals surface area contributed by atoms with Crippen LogP contribution in [0.1, 0.15) is 11.1 Å². The SMILES string of the molecule is Cc1c[c-]c(-c2nc3cc4ccccc4cc3nc2-c2ccc(C)cc2)cc1.[Ir].c1ccc2nc(-c3ccc4ccccc4n3)ccc2c1. The average molecular weight is 808 g/mol. The van der Waals surface area contributed by atoms with Crippen molar-refractivity contribution in [2.75, 3.05) is 0 Å². The van der Waals surface area contributed by atoms with Crippen LogP contribution in [-0.2, 0) is 20.1 Å². The smallest absolute Gasteiger partial charge is 0.0894 e. The molecule has 9 rings (SSSR count). The van der Waals surface area contributed by atoms with Crippen molar-refractivity contribution >= 4 is 43.6 Å². The van der Waals surface area contributed by atoms with Crippen LogP contribution < -0.4 is 0 Å². The Balaban J connectivity index is 0.000000159. The van der Waals surface area contributed by atoms with E-state index in [1.165, 1.54) is 21.9 Å². The van der Waals surface area contributed by atoms with Gasteiger partial charge in [-0.05, 0) is 59.7 Å². The van der Waals surface area contributed by atoms with Gasteiger partial charge in [0.05, 0.1) is 39.1 Å². The molecule has 0 fully saturated rings. The second kappa shape index (κ2) is 13.9. The molecule has 0 amide bonds. The first kappa shape index (κ1) is 32.0. The Kier molecular flexibility index (Phi) is 9.04. The van der Waals surface area contributed by atoms with E-state index in [9.17, 15) is 0 Å². The van der Waals surface area contributed by atoms with E-state index in [0.717, 1.165) is 66.7 Å². The molecule has 0 spiro atoms. The summed E-state index contributed by atoms with van der Waals surface area (Å²) in [6.45, 7) is 4.16. The Bertz CT molecular complexity index is 2400. The summed E-state index contributed by atoms with van der Waals surface area (Å²) >= 11 is 0. The maximum Gasteiger partial charge on any atom is 0.0894 e. The van der Waals surface area contributed by atoms with Gasteiger partial charge in [0.1, 0.15) is 0 Å². The van der Waals surface area contributed by atoms with Crippen molar-refractivity contribution in [2.45, 2.75) is 13.8 Å². The Morgan fingerprint density at radius 1 is 0.408 bits per heavy atom. The molecule has 3 aromatic heterocycles. The van der Waals surface area contributed by atoms with Crippen LogP contribution in [0, 0.1) is 19.9 Å². The quantitative estimate of drug-likeness (QED) is 0.132. The first-order valence-corrected chi connectivity index (χ1v) is 16.1. The van der Waals surface area contributed by atoms with Crippen molar-refractivity contribution < 1.29 is 20.1 Å². The number of aromatic nitrogens is 4. The van der Waals surface area contributed by atoms with E-state index in [0.29, 0.717) is 0 Å². The van der Waals surface area contributed by atoms with Crippen LogP contribution in [0.3, 0.4) is 0 Å². The van der Waals surface area contributed by atoms with E-state index in [1.54, 1.807) is 0 Å². The van der Waals surface area contributed by atoms with Crippen LogP contribution in [0.5, 0.6) is 0 Å². The minimum atomic E-state index is 0. The summed E-state index contributed by atoms with van der Waals surface area (Å²) in [5.74, 6) is 0. The van der Waals surface area contributed by atoms with Gasteiger partial charge in [0.25, 0.3) is 0 Å². The zero-order chi connectivity index (χ0) is 32.5. The van der Waals surface area contributed by atoms with E-state index in [1.807, 2.05) is 54.6 Å². The van der Waals surface area contributed by atoms with Crippen LogP contribution in [-0.4, -0.2) is 19.9 Å². The first-order chi connectivity index (χ1) is 23.6. The van der Waals surface area contributed by atoms with Crippen molar-refractivity contribution in [2.24, 2.45) is 0 Å². The molecule has 5 heteroatoms. The molecule has 3 heterocycles. The average Bonchev–Trinajstić information content (AvgIpc) is 3.14. The number of benzene rings is 6. The van der Waals surface area contributed by atoms with Gasteiger partial charge >= 0.3 is 0 Å². The largest absolute Gasteiger partial charge is 0.292 e. The molecule has 0 atom stereocenters. The second-order valence-corrected chi connectivity index (χ2v) is 12.0. The Morgan fingerprint density at radius 2 is 0.898 bits per heavy atom. The fraction of sp³-hybridized carbons (Fsp3) is 0.0455. The molecule has 0 bridgehead atoms. The van der Waals surface area contributed by atoms with Crippen molar-refractivity contribution in [1.29, 1.82) is 0 Å². The molecule has 0 aliphatic heterocycles. The molecule has 0 aliphatic carbocycles. The summed E-state index contributed by atoms with van der Waals surface area (Å²) < 4.78 is 0. The number of aryl methyl sites for hydroxylation is 2. The van der Waals surface area contributed by atoms with E-state index in [4.69, 9.17) is 9.97 Å². The predicted octanol–water partition coefficient (Wildman–Crippen LogP) is 11.0. The minimum Gasteiger partial charge on any atom is -0.292 e. The standard InChI is InChI=1S/C26H19N2.C18H12N2.Ir/c1-17-7-11-19(12-8-17)25-26(20-13-9-18(2)10-14-20)28-24-16-22-6-4-3-5-21(22)15-23(24)27-25;1-3-7-15-13(5-1)9-11-17(19-15)18-12-10-14-6-2-4-8-16(14)20-18;/h3-13,15-16H,1-2H3;1-12H;/q-1;;. The molecule has 237 valence electrons. The molecule has 4 nitrogen and oxygen atoms in total. The number of rotatable bonds is 3. The van der Waals surface area contributed by atoms with Crippen molar-refractivity contribution in [3.8, 4) is 33.9 Å². The van der Waals surface area contributed by atoms with Crippen LogP contribution in [0.2, 0.25) is 0 Å². The van der Waals surface area contributed by atoms with E-state index < -0.39 is 0 Å². The van der Waals surface area contributed by atoms with Gasteiger partial charge in [-0.3, -0.25) is 9.97 Å². The summed E-state index contributed by atoms with van der Waals surface area (Å²) in [6.07, 6.45) is 0. The van der Waals surface area contributed by atoms with E-state index in [-0.39, 0.29) is 20.1 Å². The van der Waals surface area contributed by atoms with Crippen LogP contribution in [0.25, 0.3) is 77.5 Å². The fourth-order valence-corrected chi connectivity index (χ4v) is 5.91. The van der Waals surface area contributed by atoms with Crippen molar-refractivity contribution in [3.63, 3.8) is 0 Å². The molecule has 0 saturated heterocycles. The third-order valence-electron chi connectivity index (χ3n) is 8.54. The number of para-hydroxylation sites is 2. The normalized spacial score (nSPS) is 10.9. The molecule has 0 aliphatic rings. The number of pyridine rings is 2. The molecule has 6 aromatic carbocycles. The van der Waals surface area contributed by atoms with Crippen LogP contribution in [0.4, 0.5) is 0 Å². The van der Waals surface area contributed by atoms with Gasteiger partial charge in [0.2, 0.25) is 0 Å². The number of hydrogen-bond donors (Lipinski definition) is 0. The maximum absolute atomic E-state index is 5.04. The monoisotopic (exact) mass is 808 g/mol. The minimum absolute atomic E-state index is 0. The van der Waals surface area contributed by atoms with Gasteiger partial charge in [-0.25, -0.2) is 9.97 Å². The summed E-state index contributed by atoms with van der Waals surface area (Å²) in [4.78, 5) is 19.5. The van der Waals surface area contributed by atoms with Crippen molar-refractivity contribution in [3.05, 3.63) is 169 Å². The first-order valence-electron chi connectivity index (χ1n) is 16.1. The van der Waals surface area contributed by atoms with Crippen molar-refractivity contribution in [1.82, 2.24) is 19.9 Å². The summed E-state index contributed by atoms with van der Waals surface area (Å²) in [5.41, 5.74) is 11.8. The molecule has 49 heavy (non-hydrogen) atoms. The number of fused-ring (bicyclic) bond motifs is 4. The number of hydrogen-bond acceptors (Lipinski definition) is 4. The van der Waals surface area contributed by atoms with Crippen LogP contribution in [0.15, 0.2) is 152 Å². The van der Waals surface area contributed by atoms with Gasteiger partial charge in [-0.1, -0.05) is 110 Å². The van der Waals surface area contributed by atoms with Crippen LogP contribution >= 0.6 is 0 Å².